The maximum absolute atomic E-state index is 3.65. The summed E-state index contributed by atoms with van der Waals surface area (Å²) in [6, 6.07) is 0.712. The molecule has 0 aromatic rings. The normalized spacial score (nSPS) is 29.3. The standard InChI is InChI=1S/C16H28N2/c1-3-4-8-16-13-18(10-9-17-16)12-15-7-5-6-14(2)11-15/h5,7,11,14,16-17H,3-4,6,8-10,12-13H2,1-2H3/t14?,16-/m0/s1. The first-order valence-corrected chi connectivity index (χ1v) is 7.61. The van der Waals surface area contributed by atoms with Crippen LogP contribution < -0.4 is 5.32 Å². The smallest absolute Gasteiger partial charge is 0.0231 e. The van der Waals surface area contributed by atoms with Crippen LogP contribution in [0.15, 0.2) is 23.8 Å². The molecule has 2 rings (SSSR count). The molecule has 2 nitrogen and oxygen atoms in total. The van der Waals surface area contributed by atoms with E-state index in [9.17, 15) is 0 Å². The van der Waals surface area contributed by atoms with Crippen molar-refractivity contribution in [3.05, 3.63) is 23.8 Å². The van der Waals surface area contributed by atoms with E-state index in [0.717, 1.165) is 19.0 Å². The Balaban J connectivity index is 1.80. The van der Waals surface area contributed by atoms with Crippen LogP contribution in [0, 0.1) is 5.92 Å². The molecule has 1 aliphatic carbocycles. The summed E-state index contributed by atoms with van der Waals surface area (Å²) in [5.74, 6) is 0.726. The van der Waals surface area contributed by atoms with Gasteiger partial charge in [-0.3, -0.25) is 4.90 Å². The molecule has 18 heavy (non-hydrogen) atoms. The molecule has 1 fully saturated rings. The summed E-state index contributed by atoms with van der Waals surface area (Å²) in [6.45, 7) is 9.30. The van der Waals surface area contributed by atoms with Gasteiger partial charge in [-0.15, -0.1) is 0 Å². The molecule has 1 N–H and O–H groups in total. The summed E-state index contributed by atoms with van der Waals surface area (Å²) in [7, 11) is 0. The van der Waals surface area contributed by atoms with Gasteiger partial charge in [-0.1, -0.05) is 44.9 Å². The Morgan fingerprint density at radius 2 is 2.33 bits per heavy atom. The highest BCUT2D eigenvalue weighted by Gasteiger charge is 2.19. The largest absolute Gasteiger partial charge is 0.311 e. The van der Waals surface area contributed by atoms with Gasteiger partial charge in [-0.05, 0) is 24.3 Å². The molecule has 0 aromatic heterocycles. The second-order valence-electron chi connectivity index (χ2n) is 5.89. The van der Waals surface area contributed by atoms with Crippen LogP contribution >= 0.6 is 0 Å². The summed E-state index contributed by atoms with van der Waals surface area (Å²) in [6.07, 6.45) is 12.3. The van der Waals surface area contributed by atoms with Crippen LogP contribution in [0.4, 0.5) is 0 Å². The highest BCUT2D eigenvalue weighted by atomic mass is 15.2. The van der Waals surface area contributed by atoms with Crippen LogP contribution in [0.1, 0.15) is 39.5 Å². The van der Waals surface area contributed by atoms with Gasteiger partial charge in [0.05, 0.1) is 0 Å². The number of nitrogens with one attached hydrogen (secondary N) is 1. The number of piperazine rings is 1. The minimum absolute atomic E-state index is 0.712. The van der Waals surface area contributed by atoms with Crippen molar-refractivity contribution < 1.29 is 0 Å². The van der Waals surface area contributed by atoms with Crippen molar-refractivity contribution in [2.45, 2.75) is 45.6 Å². The van der Waals surface area contributed by atoms with E-state index < -0.39 is 0 Å². The third-order valence-corrected chi connectivity index (χ3v) is 3.99. The summed E-state index contributed by atoms with van der Waals surface area (Å²) < 4.78 is 0. The number of hydrogen-bond acceptors (Lipinski definition) is 2. The predicted molar refractivity (Wildman–Crippen MR) is 78.8 cm³/mol. The molecule has 2 atom stereocenters. The Morgan fingerprint density at radius 3 is 3.11 bits per heavy atom. The van der Waals surface area contributed by atoms with E-state index in [2.05, 4.69) is 42.3 Å². The molecule has 1 unspecified atom stereocenters. The molecule has 0 saturated carbocycles. The lowest BCUT2D eigenvalue weighted by Gasteiger charge is -2.34. The molecule has 1 heterocycles. The number of allylic oxidation sites excluding steroid dienone is 2. The molecule has 0 bridgehead atoms. The fourth-order valence-electron chi connectivity index (χ4n) is 2.97. The minimum Gasteiger partial charge on any atom is -0.311 e. The zero-order valence-electron chi connectivity index (χ0n) is 12.0. The van der Waals surface area contributed by atoms with E-state index in [4.69, 9.17) is 0 Å². The lowest BCUT2D eigenvalue weighted by molar-refractivity contribution is 0.207. The molecule has 2 heteroatoms. The van der Waals surface area contributed by atoms with Crippen LogP contribution in [0.5, 0.6) is 0 Å². The van der Waals surface area contributed by atoms with E-state index in [-0.39, 0.29) is 0 Å². The molecule has 2 aliphatic rings. The van der Waals surface area contributed by atoms with Crippen LogP contribution in [0.2, 0.25) is 0 Å². The van der Waals surface area contributed by atoms with Gasteiger partial charge in [-0.2, -0.15) is 0 Å². The van der Waals surface area contributed by atoms with Crippen molar-refractivity contribution in [3.63, 3.8) is 0 Å². The third kappa shape index (κ3) is 4.25. The predicted octanol–water partition coefficient (Wildman–Crippen LogP) is 2.97. The van der Waals surface area contributed by atoms with E-state index in [1.807, 2.05) is 0 Å². The maximum Gasteiger partial charge on any atom is 0.0231 e. The molecule has 0 spiro atoms. The highest BCUT2D eigenvalue weighted by Crippen LogP contribution is 2.17. The molecule has 0 amide bonds. The van der Waals surface area contributed by atoms with Crippen molar-refractivity contribution >= 4 is 0 Å². The van der Waals surface area contributed by atoms with Crippen molar-refractivity contribution in [1.29, 1.82) is 0 Å². The first kappa shape index (κ1) is 13.8. The van der Waals surface area contributed by atoms with Crippen molar-refractivity contribution in [1.82, 2.24) is 10.2 Å². The van der Waals surface area contributed by atoms with Crippen molar-refractivity contribution in [2.24, 2.45) is 5.92 Å². The van der Waals surface area contributed by atoms with Crippen LogP contribution in [0.3, 0.4) is 0 Å². The average molecular weight is 248 g/mol. The van der Waals surface area contributed by atoms with Gasteiger partial charge < -0.3 is 5.32 Å². The number of nitrogens with zero attached hydrogens (tertiary/aromatic N) is 1. The lowest BCUT2D eigenvalue weighted by atomic mass is 9.97. The first-order chi connectivity index (χ1) is 8.78. The zero-order valence-corrected chi connectivity index (χ0v) is 12.0. The Kier molecular flexibility index (Phi) is 5.45. The summed E-state index contributed by atoms with van der Waals surface area (Å²) in [5.41, 5.74) is 1.52. The Morgan fingerprint density at radius 1 is 1.44 bits per heavy atom. The van der Waals surface area contributed by atoms with Gasteiger partial charge in [0.1, 0.15) is 0 Å². The first-order valence-electron chi connectivity index (χ1n) is 7.61. The average Bonchev–Trinajstić information content (AvgIpc) is 2.37. The molecule has 1 aliphatic heterocycles. The van der Waals surface area contributed by atoms with Gasteiger partial charge in [0, 0.05) is 32.2 Å². The molecule has 0 radical (unpaired) electrons. The fraction of sp³-hybridized carbons (Fsp3) is 0.750. The fourth-order valence-corrected chi connectivity index (χ4v) is 2.97. The zero-order chi connectivity index (χ0) is 12.8. The Hall–Kier alpha value is -0.600. The second kappa shape index (κ2) is 7.10. The SMILES string of the molecule is CCCC[C@H]1CN(CC2=CC(C)CC=C2)CCN1. The number of rotatable bonds is 5. The molecular weight excluding hydrogens is 220 g/mol. The Bertz CT molecular complexity index is 306. The number of hydrogen-bond donors (Lipinski definition) is 1. The molecule has 102 valence electrons. The van der Waals surface area contributed by atoms with Crippen LogP contribution in [-0.2, 0) is 0 Å². The van der Waals surface area contributed by atoms with E-state index in [1.165, 1.54) is 44.3 Å². The molecule has 1 saturated heterocycles. The van der Waals surface area contributed by atoms with Gasteiger partial charge in [0.25, 0.3) is 0 Å². The summed E-state index contributed by atoms with van der Waals surface area (Å²) in [5, 5.41) is 3.65. The summed E-state index contributed by atoms with van der Waals surface area (Å²) in [4.78, 5) is 2.62. The monoisotopic (exact) mass is 248 g/mol. The van der Waals surface area contributed by atoms with Gasteiger partial charge in [0.15, 0.2) is 0 Å². The lowest BCUT2D eigenvalue weighted by Crippen LogP contribution is -2.50. The van der Waals surface area contributed by atoms with Crippen LogP contribution in [0.25, 0.3) is 0 Å². The second-order valence-corrected chi connectivity index (χ2v) is 5.89. The minimum atomic E-state index is 0.712. The molecule has 0 aromatic carbocycles. The van der Waals surface area contributed by atoms with Crippen molar-refractivity contribution in [3.8, 4) is 0 Å². The quantitative estimate of drug-likeness (QED) is 0.804. The topological polar surface area (TPSA) is 15.3 Å². The molecular formula is C16H28N2. The van der Waals surface area contributed by atoms with E-state index in [0.29, 0.717) is 6.04 Å². The third-order valence-electron chi connectivity index (χ3n) is 3.99. The van der Waals surface area contributed by atoms with Gasteiger partial charge >= 0.3 is 0 Å². The van der Waals surface area contributed by atoms with Gasteiger partial charge in [-0.25, -0.2) is 0 Å². The van der Waals surface area contributed by atoms with E-state index in [1.54, 1.807) is 0 Å². The number of unbranched alkanes of at least 4 members (excludes halogenated alkanes) is 1. The van der Waals surface area contributed by atoms with E-state index >= 15 is 0 Å². The van der Waals surface area contributed by atoms with Gasteiger partial charge in [0.2, 0.25) is 0 Å². The van der Waals surface area contributed by atoms with Crippen molar-refractivity contribution in [2.75, 3.05) is 26.2 Å². The maximum atomic E-state index is 3.65. The van der Waals surface area contributed by atoms with Crippen LogP contribution in [-0.4, -0.2) is 37.1 Å². The summed E-state index contributed by atoms with van der Waals surface area (Å²) >= 11 is 0. The highest BCUT2D eigenvalue weighted by molar-refractivity contribution is 5.25. The Labute approximate surface area is 112 Å².